The molecule has 1 amide bonds. The third kappa shape index (κ3) is 3.98. The van der Waals surface area contributed by atoms with Crippen molar-refractivity contribution in [2.45, 2.75) is 65.3 Å². The smallest absolute Gasteiger partial charge is 0.223 e. The van der Waals surface area contributed by atoms with Crippen LogP contribution in [0.2, 0.25) is 0 Å². The lowest BCUT2D eigenvalue weighted by Gasteiger charge is -2.38. The van der Waals surface area contributed by atoms with Crippen LogP contribution in [0.1, 0.15) is 59.3 Å². The van der Waals surface area contributed by atoms with Crippen molar-refractivity contribution >= 4 is 5.91 Å². The monoisotopic (exact) mass is 241 g/mol. The molecule has 0 heterocycles. The molecule has 0 aromatic rings. The van der Waals surface area contributed by atoms with Crippen LogP contribution in [0.4, 0.5) is 0 Å². The van der Waals surface area contributed by atoms with E-state index < -0.39 is 0 Å². The Labute approximate surface area is 105 Å². The Kier molecular flexibility index (Phi) is 5.44. The van der Waals surface area contributed by atoms with Gasteiger partial charge < -0.3 is 10.4 Å². The number of hydrogen-bond acceptors (Lipinski definition) is 2. The Morgan fingerprint density at radius 2 is 2.18 bits per heavy atom. The number of aliphatic hydroxyl groups is 1. The number of rotatable bonds is 5. The van der Waals surface area contributed by atoms with Crippen molar-refractivity contribution in [3.05, 3.63) is 0 Å². The molecule has 0 aromatic heterocycles. The van der Waals surface area contributed by atoms with Crippen molar-refractivity contribution in [2.24, 2.45) is 11.3 Å². The summed E-state index contributed by atoms with van der Waals surface area (Å²) >= 11 is 0. The van der Waals surface area contributed by atoms with Crippen molar-refractivity contribution in [3.8, 4) is 0 Å². The summed E-state index contributed by atoms with van der Waals surface area (Å²) in [4.78, 5) is 12.3. The maximum absolute atomic E-state index is 12.3. The fourth-order valence-electron chi connectivity index (χ4n) is 2.82. The second-order valence-corrected chi connectivity index (χ2v) is 5.91. The normalized spacial score (nSPS) is 25.3. The highest BCUT2D eigenvalue weighted by molar-refractivity contribution is 5.79. The summed E-state index contributed by atoms with van der Waals surface area (Å²) in [6, 6.07) is 0.130. The molecule has 1 saturated carbocycles. The van der Waals surface area contributed by atoms with Gasteiger partial charge in [-0.1, -0.05) is 33.6 Å². The van der Waals surface area contributed by atoms with Gasteiger partial charge >= 0.3 is 0 Å². The Hall–Kier alpha value is -0.570. The first kappa shape index (κ1) is 14.5. The molecule has 2 N–H and O–H groups in total. The molecule has 3 heteroatoms. The molecule has 0 aliphatic heterocycles. The van der Waals surface area contributed by atoms with Crippen LogP contribution in [-0.2, 0) is 4.79 Å². The second kappa shape index (κ2) is 6.39. The third-order valence-corrected chi connectivity index (χ3v) is 4.14. The summed E-state index contributed by atoms with van der Waals surface area (Å²) in [6.45, 7) is 6.59. The first-order chi connectivity index (χ1) is 8.01. The van der Waals surface area contributed by atoms with Gasteiger partial charge in [-0.05, 0) is 31.1 Å². The number of nitrogens with one attached hydrogen (secondary N) is 1. The van der Waals surface area contributed by atoms with Crippen LogP contribution in [0.15, 0.2) is 0 Å². The zero-order valence-corrected chi connectivity index (χ0v) is 11.5. The Bertz CT molecular complexity index is 251. The first-order valence-corrected chi connectivity index (χ1v) is 6.92. The Morgan fingerprint density at radius 1 is 1.47 bits per heavy atom. The third-order valence-electron chi connectivity index (χ3n) is 4.14. The van der Waals surface area contributed by atoms with Gasteiger partial charge in [0.15, 0.2) is 0 Å². The van der Waals surface area contributed by atoms with Gasteiger partial charge in [0.05, 0.1) is 0 Å². The second-order valence-electron chi connectivity index (χ2n) is 5.91. The number of aliphatic hydroxyl groups excluding tert-OH is 1. The zero-order valence-electron chi connectivity index (χ0n) is 11.5. The highest BCUT2D eigenvalue weighted by Gasteiger charge is 2.37. The lowest BCUT2D eigenvalue weighted by Crippen LogP contribution is -2.45. The molecule has 2 atom stereocenters. The van der Waals surface area contributed by atoms with E-state index in [1.165, 1.54) is 6.42 Å². The highest BCUT2D eigenvalue weighted by Crippen LogP contribution is 2.40. The van der Waals surface area contributed by atoms with Gasteiger partial charge in [-0.15, -0.1) is 0 Å². The largest absolute Gasteiger partial charge is 0.396 e. The zero-order chi connectivity index (χ0) is 12.9. The van der Waals surface area contributed by atoms with Crippen molar-refractivity contribution in [3.63, 3.8) is 0 Å². The van der Waals surface area contributed by atoms with Gasteiger partial charge in [0.25, 0.3) is 0 Å². The molecular formula is C14H27NO2. The molecule has 0 spiro atoms. The summed E-state index contributed by atoms with van der Waals surface area (Å²) in [7, 11) is 0. The van der Waals surface area contributed by atoms with E-state index in [1.54, 1.807) is 0 Å². The summed E-state index contributed by atoms with van der Waals surface area (Å²) in [5.74, 6) is 0.332. The lowest BCUT2D eigenvalue weighted by atomic mass is 9.68. The molecule has 1 rings (SSSR count). The fourth-order valence-corrected chi connectivity index (χ4v) is 2.82. The minimum absolute atomic E-state index is 0.125. The molecule has 3 nitrogen and oxygen atoms in total. The molecular weight excluding hydrogens is 214 g/mol. The fraction of sp³-hybridized carbons (Fsp3) is 0.929. The van der Waals surface area contributed by atoms with Crippen LogP contribution >= 0.6 is 0 Å². The average Bonchev–Trinajstić information content (AvgIpc) is 2.27. The average molecular weight is 241 g/mol. The van der Waals surface area contributed by atoms with E-state index in [1.807, 2.05) is 6.92 Å². The van der Waals surface area contributed by atoms with Crippen molar-refractivity contribution < 1.29 is 9.90 Å². The quantitative estimate of drug-likeness (QED) is 0.777. The van der Waals surface area contributed by atoms with Crippen LogP contribution in [0.25, 0.3) is 0 Å². The van der Waals surface area contributed by atoms with Gasteiger partial charge in [0.2, 0.25) is 5.91 Å². The molecule has 1 aliphatic rings. The number of amides is 1. The van der Waals surface area contributed by atoms with E-state index in [0.717, 1.165) is 25.7 Å². The predicted octanol–water partition coefficient (Wildman–Crippen LogP) is 2.48. The molecule has 1 fully saturated rings. The van der Waals surface area contributed by atoms with E-state index in [9.17, 15) is 4.79 Å². The van der Waals surface area contributed by atoms with E-state index in [-0.39, 0.29) is 29.9 Å². The Balaban J connectivity index is 2.55. The van der Waals surface area contributed by atoms with Crippen LogP contribution in [0, 0.1) is 11.3 Å². The van der Waals surface area contributed by atoms with Crippen molar-refractivity contribution in [1.29, 1.82) is 0 Å². The maximum Gasteiger partial charge on any atom is 0.223 e. The van der Waals surface area contributed by atoms with Crippen molar-refractivity contribution in [1.82, 2.24) is 5.32 Å². The molecule has 0 radical (unpaired) electrons. The maximum atomic E-state index is 12.3. The van der Waals surface area contributed by atoms with Crippen LogP contribution in [-0.4, -0.2) is 23.7 Å². The molecule has 0 aromatic carbocycles. The van der Waals surface area contributed by atoms with Crippen LogP contribution in [0.3, 0.4) is 0 Å². The van der Waals surface area contributed by atoms with Gasteiger partial charge in [-0.2, -0.15) is 0 Å². The lowest BCUT2D eigenvalue weighted by molar-refractivity contribution is -0.131. The van der Waals surface area contributed by atoms with Crippen LogP contribution in [0.5, 0.6) is 0 Å². The summed E-state index contributed by atoms with van der Waals surface area (Å²) in [5.41, 5.74) is 0.125. The molecule has 100 valence electrons. The van der Waals surface area contributed by atoms with E-state index >= 15 is 0 Å². The summed E-state index contributed by atoms with van der Waals surface area (Å²) < 4.78 is 0. The topological polar surface area (TPSA) is 49.3 Å². The highest BCUT2D eigenvalue weighted by atomic mass is 16.3. The first-order valence-electron chi connectivity index (χ1n) is 6.92. The number of hydrogen-bond donors (Lipinski definition) is 2. The van der Waals surface area contributed by atoms with Crippen molar-refractivity contribution in [2.75, 3.05) is 6.61 Å². The minimum Gasteiger partial charge on any atom is -0.396 e. The molecule has 0 saturated heterocycles. The molecule has 17 heavy (non-hydrogen) atoms. The van der Waals surface area contributed by atoms with Gasteiger partial charge in [-0.25, -0.2) is 0 Å². The van der Waals surface area contributed by atoms with E-state index in [0.29, 0.717) is 6.42 Å². The van der Waals surface area contributed by atoms with E-state index in [4.69, 9.17) is 5.11 Å². The molecule has 0 bridgehead atoms. The predicted molar refractivity (Wildman–Crippen MR) is 69.7 cm³/mol. The summed E-state index contributed by atoms with van der Waals surface area (Å²) in [6.07, 6.45) is 6.11. The van der Waals surface area contributed by atoms with Gasteiger partial charge in [0, 0.05) is 18.6 Å². The van der Waals surface area contributed by atoms with Gasteiger partial charge in [-0.3, -0.25) is 4.79 Å². The summed E-state index contributed by atoms with van der Waals surface area (Å²) in [5, 5.41) is 12.0. The SMILES string of the molecule is CCC(CCO)NC(=O)C1CCCCC1(C)C. The standard InChI is InChI=1S/C14H27NO2/c1-4-11(8-10-16)15-13(17)12-7-5-6-9-14(12,2)3/h11-12,16H,4-10H2,1-3H3,(H,15,17). The Morgan fingerprint density at radius 3 is 2.71 bits per heavy atom. The molecule has 2 unspecified atom stereocenters. The number of carbonyl (C=O) groups is 1. The van der Waals surface area contributed by atoms with Crippen LogP contribution < -0.4 is 5.32 Å². The number of carbonyl (C=O) groups excluding carboxylic acids is 1. The molecule has 1 aliphatic carbocycles. The van der Waals surface area contributed by atoms with E-state index in [2.05, 4.69) is 19.2 Å². The van der Waals surface area contributed by atoms with Gasteiger partial charge in [0.1, 0.15) is 0 Å². The minimum atomic E-state index is 0.125.